The van der Waals surface area contributed by atoms with Crippen molar-refractivity contribution in [1.82, 2.24) is 16.0 Å². The molecule has 1 saturated carbocycles. The number of alkyl halides is 2. The van der Waals surface area contributed by atoms with Gasteiger partial charge in [-0.1, -0.05) is 37.5 Å². The average molecular weight is 396 g/mol. The minimum Gasteiger partial charge on any atom is -0.434 e. The number of guanidine groups is 1. The van der Waals surface area contributed by atoms with Crippen molar-refractivity contribution in [3.63, 3.8) is 0 Å². The van der Waals surface area contributed by atoms with Crippen LogP contribution in [0.25, 0.3) is 0 Å². The second-order valence-electron chi connectivity index (χ2n) is 6.90. The zero-order chi connectivity index (χ0) is 20.2. The van der Waals surface area contributed by atoms with Crippen LogP contribution in [0.2, 0.25) is 0 Å². The molecule has 1 fully saturated rings. The van der Waals surface area contributed by atoms with Crippen molar-refractivity contribution < 1.29 is 18.3 Å². The summed E-state index contributed by atoms with van der Waals surface area (Å²) in [7, 11) is 1.62. The minimum absolute atomic E-state index is 0.0923. The van der Waals surface area contributed by atoms with E-state index >= 15 is 0 Å². The van der Waals surface area contributed by atoms with Crippen molar-refractivity contribution in [1.29, 1.82) is 0 Å². The molecule has 1 aliphatic rings. The Hall–Kier alpha value is -2.38. The minimum atomic E-state index is -2.86. The van der Waals surface area contributed by atoms with Crippen molar-refractivity contribution in [3.8, 4) is 5.75 Å². The molecule has 0 radical (unpaired) electrons. The van der Waals surface area contributed by atoms with Gasteiger partial charge < -0.3 is 20.7 Å². The SMILES string of the molecule is CN=C(NCCNC(=O)CC1CCCCC1)NCc1ccccc1OC(F)F. The molecule has 0 spiro atoms. The van der Waals surface area contributed by atoms with E-state index in [0.29, 0.717) is 37.0 Å². The molecule has 0 heterocycles. The largest absolute Gasteiger partial charge is 0.434 e. The molecule has 0 bridgehead atoms. The fourth-order valence-corrected chi connectivity index (χ4v) is 3.37. The van der Waals surface area contributed by atoms with E-state index in [1.165, 1.54) is 25.3 Å². The van der Waals surface area contributed by atoms with Crippen LogP contribution in [0, 0.1) is 5.92 Å². The van der Waals surface area contributed by atoms with Gasteiger partial charge in [0, 0.05) is 38.7 Å². The summed E-state index contributed by atoms with van der Waals surface area (Å²) in [5, 5.41) is 9.07. The van der Waals surface area contributed by atoms with Crippen LogP contribution in [0.4, 0.5) is 8.78 Å². The summed E-state index contributed by atoms with van der Waals surface area (Å²) in [4.78, 5) is 16.1. The number of carbonyl (C=O) groups excluding carboxylic acids is 1. The van der Waals surface area contributed by atoms with E-state index in [0.717, 1.165) is 12.8 Å². The first kappa shape index (κ1) is 21.9. The van der Waals surface area contributed by atoms with Crippen LogP contribution in [0.1, 0.15) is 44.1 Å². The standard InChI is InChI=1S/C20H30F2N4O2/c1-23-20(26-14-16-9-5-6-10-17(16)28-19(21)22)25-12-11-24-18(27)13-15-7-3-2-4-8-15/h5-6,9-10,15,19H,2-4,7-8,11-14H2,1H3,(H,24,27)(H2,23,25,26). The van der Waals surface area contributed by atoms with Gasteiger partial charge in [0.2, 0.25) is 5.91 Å². The summed E-state index contributed by atoms with van der Waals surface area (Å²) in [6.45, 7) is -1.56. The quantitative estimate of drug-likeness (QED) is 0.341. The monoisotopic (exact) mass is 396 g/mol. The lowest BCUT2D eigenvalue weighted by molar-refractivity contribution is -0.122. The summed E-state index contributed by atoms with van der Waals surface area (Å²) >= 11 is 0. The summed E-state index contributed by atoms with van der Waals surface area (Å²) in [6.07, 6.45) is 6.65. The third kappa shape index (κ3) is 8.10. The molecule has 156 valence electrons. The van der Waals surface area contributed by atoms with Crippen LogP contribution in [0.3, 0.4) is 0 Å². The first-order chi connectivity index (χ1) is 13.6. The van der Waals surface area contributed by atoms with Crippen LogP contribution in [0.15, 0.2) is 29.3 Å². The maximum atomic E-state index is 12.5. The number of para-hydroxylation sites is 1. The third-order valence-electron chi connectivity index (χ3n) is 4.80. The molecule has 2 rings (SSSR count). The highest BCUT2D eigenvalue weighted by molar-refractivity contribution is 5.80. The van der Waals surface area contributed by atoms with Gasteiger partial charge in [-0.2, -0.15) is 8.78 Å². The van der Waals surface area contributed by atoms with Gasteiger partial charge in [0.05, 0.1) is 0 Å². The predicted molar refractivity (Wildman–Crippen MR) is 105 cm³/mol. The van der Waals surface area contributed by atoms with E-state index < -0.39 is 6.61 Å². The Balaban J connectivity index is 1.67. The topological polar surface area (TPSA) is 74.8 Å². The zero-order valence-electron chi connectivity index (χ0n) is 16.3. The molecule has 0 aromatic heterocycles. The zero-order valence-corrected chi connectivity index (χ0v) is 16.3. The second-order valence-corrected chi connectivity index (χ2v) is 6.90. The molecule has 1 aromatic carbocycles. The summed E-state index contributed by atoms with van der Waals surface area (Å²) in [6, 6.07) is 6.61. The van der Waals surface area contributed by atoms with Crippen molar-refractivity contribution in [2.45, 2.75) is 51.7 Å². The summed E-state index contributed by atoms with van der Waals surface area (Å²) < 4.78 is 29.5. The highest BCUT2D eigenvalue weighted by Gasteiger charge is 2.16. The summed E-state index contributed by atoms with van der Waals surface area (Å²) in [5.41, 5.74) is 0.603. The Labute approximate surface area is 165 Å². The van der Waals surface area contributed by atoms with Crippen LogP contribution in [0.5, 0.6) is 5.75 Å². The van der Waals surface area contributed by atoms with E-state index in [1.54, 1.807) is 25.2 Å². The molecular formula is C20H30F2N4O2. The normalized spacial score (nSPS) is 15.4. The highest BCUT2D eigenvalue weighted by atomic mass is 19.3. The van der Waals surface area contributed by atoms with Gasteiger partial charge in [-0.3, -0.25) is 9.79 Å². The Morgan fingerprint density at radius 1 is 1.14 bits per heavy atom. The maximum Gasteiger partial charge on any atom is 0.387 e. The number of hydrogen-bond acceptors (Lipinski definition) is 3. The molecule has 1 amide bonds. The van der Waals surface area contributed by atoms with Crippen molar-refractivity contribution >= 4 is 11.9 Å². The number of amides is 1. The summed E-state index contributed by atoms with van der Waals surface area (Å²) in [5.74, 6) is 1.27. The Morgan fingerprint density at radius 2 is 1.86 bits per heavy atom. The average Bonchev–Trinajstić information content (AvgIpc) is 2.69. The fraction of sp³-hybridized carbons (Fsp3) is 0.600. The Kier molecular flexibility index (Phi) is 9.51. The van der Waals surface area contributed by atoms with Crippen LogP contribution < -0.4 is 20.7 Å². The number of benzene rings is 1. The van der Waals surface area contributed by atoms with Crippen LogP contribution in [-0.2, 0) is 11.3 Å². The van der Waals surface area contributed by atoms with Gasteiger partial charge in [-0.05, 0) is 24.8 Å². The predicted octanol–water partition coefficient (Wildman–Crippen LogP) is 3.04. The number of halogens is 2. The molecule has 0 aliphatic heterocycles. The molecule has 0 unspecified atom stereocenters. The second kappa shape index (κ2) is 12.2. The molecule has 6 nitrogen and oxygen atoms in total. The number of nitrogens with zero attached hydrogens (tertiary/aromatic N) is 1. The van der Waals surface area contributed by atoms with E-state index in [2.05, 4.69) is 25.7 Å². The first-order valence-electron chi connectivity index (χ1n) is 9.82. The van der Waals surface area contributed by atoms with Gasteiger partial charge in [0.25, 0.3) is 0 Å². The lowest BCUT2D eigenvalue weighted by atomic mass is 9.87. The van der Waals surface area contributed by atoms with Crippen molar-refractivity contribution in [2.75, 3.05) is 20.1 Å². The number of aliphatic imine (C=N–C) groups is 1. The van der Waals surface area contributed by atoms with Gasteiger partial charge in [0.15, 0.2) is 5.96 Å². The smallest absolute Gasteiger partial charge is 0.387 e. The number of carbonyl (C=O) groups is 1. The van der Waals surface area contributed by atoms with Gasteiger partial charge in [-0.15, -0.1) is 0 Å². The number of ether oxygens (including phenoxy) is 1. The fourth-order valence-electron chi connectivity index (χ4n) is 3.37. The molecular weight excluding hydrogens is 366 g/mol. The van der Waals surface area contributed by atoms with Crippen molar-refractivity contribution in [2.24, 2.45) is 10.9 Å². The Bertz CT molecular complexity index is 634. The van der Waals surface area contributed by atoms with Gasteiger partial charge in [0.1, 0.15) is 5.75 Å². The van der Waals surface area contributed by atoms with Crippen LogP contribution >= 0.6 is 0 Å². The molecule has 1 aromatic rings. The lowest BCUT2D eigenvalue weighted by Gasteiger charge is -2.21. The van der Waals surface area contributed by atoms with E-state index in [9.17, 15) is 13.6 Å². The first-order valence-corrected chi connectivity index (χ1v) is 9.82. The molecule has 0 atom stereocenters. The molecule has 0 saturated heterocycles. The van der Waals surface area contributed by atoms with E-state index in [-0.39, 0.29) is 18.2 Å². The van der Waals surface area contributed by atoms with Gasteiger partial charge in [-0.25, -0.2) is 0 Å². The molecule has 8 heteroatoms. The number of hydrogen-bond donors (Lipinski definition) is 3. The van der Waals surface area contributed by atoms with Crippen LogP contribution in [-0.4, -0.2) is 38.6 Å². The highest BCUT2D eigenvalue weighted by Crippen LogP contribution is 2.26. The molecule has 1 aliphatic carbocycles. The van der Waals surface area contributed by atoms with Crippen molar-refractivity contribution in [3.05, 3.63) is 29.8 Å². The van der Waals surface area contributed by atoms with E-state index in [4.69, 9.17) is 0 Å². The van der Waals surface area contributed by atoms with Gasteiger partial charge >= 0.3 is 6.61 Å². The number of nitrogens with one attached hydrogen (secondary N) is 3. The Morgan fingerprint density at radius 3 is 2.57 bits per heavy atom. The molecule has 3 N–H and O–H groups in total. The lowest BCUT2D eigenvalue weighted by Crippen LogP contribution is -2.41. The number of rotatable bonds is 9. The van der Waals surface area contributed by atoms with E-state index in [1.807, 2.05) is 0 Å². The maximum absolute atomic E-state index is 12.5. The third-order valence-corrected chi connectivity index (χ3v) is 4.80. The molecule has 28 heavy (non-hydrogen) atoms.